The van der Waals surface area contributed by atoms with Crippen molar-refractivity contribution in [3.8, 4) is 5.75 Å². The summed E-state index contributed by atoms with van der Waals surface area (Å²) in [5, 5.41) is 0.306. The van der Waals surface area contributed by atoms with E-state index in [1.807, 2.05) is 44.1 Å². The number of benzene rings is 1. The highest BCUT2D eigenvalue weighted by molar-refractivity contribution is 7.80. The van der Waals surface area contributed by atoms with E-state index < -0.39 is 0 Å². The van der Waals surface area contributed by atoms with E-state index in [1.165, 1.54) is 0 Å². The molecule has 0 N–H and O–H groups in total. The second-order valence-electron chi connectivity index (χ2n) is 8.50. The number of fused-ring (bicyclic) bond motifs is 1. The molecule has 0 radical (unpaired) electrons. The average molecular weight is 456 g/mol. The van der Waals surface area contributed by atoms with Crippen LogP contribution in [0, 0.1) is 0 Å². The van der Waals surface area contributed by atoms with E-state index in [9.17, 15) is 9.59 Å². The number of carbonyl (C=O) groups excluding carboxylic acids is 2. The number of amides is 2. The number of rotatable bonds is 8. The topological polar surface area (TPSA) is 53.1 Å². The Labute approximate surface area is 196 Å². The summed E-state index contributed by atoms with van der Waals surface area (Å²) in [5.41, 5.74) is 2.95. The first-order valence-electron chi connectivity index (χ1n) is 11.4. The molecular weight excluding hydrogens is 422 g/mol. The van der Waals surface area contributed by atoms with E-state index >= 15 is 0 Å². The van der Waals surface area contributed by atoms with Crippen LogP contribution in [0.1, 0.15) is 58.4 Å². The van der Waals surface area contributed by atoms with Gasteiger partial charge in [-0.1, -0.05) is 33.1 Å². The molecule has 0 unspecified atom stereocenters. The molecule has 172 valence electrons. The highest BCUT2D eigenvalue weighted by atomic mass is 32.1. The fourth-order valence-electron chi connectivity index (χ4n) is 3.87. The van der Waals surface area contributed by atoms with Crippen LogP contribution in [0.2, 0.25) is 0 Å². The lowest BCUT2D eigenvalue weighted by molar-refractivity contribution is -0.134. The minimum Gasteiger partial charge on any atom is -0.456 e. The van der Waals surface area contributed by atoms with Crippen LogP contribution in [-0.4, -0.2) is 53.9 Å². The Balaban J connectivity index is 2.05. The lowest BCUT2D eigenvalue weighted by Crippen LogP contribution is -2.57. The van der Waals surface area contributed by atoms with E-state index in [0.717, 1.165) is 48.9 Å². The molecule has 0 aliphatic carbocycles. The summed E-state index contributed by atoms with van der Waals surface area (Å²) in [5.74, 6) is 0.206. The Morgan fingerprint density at radius 3 is 2.19 bits per heavy atom. The van der Waals surface area contributed by atoms with Crippen LogP contribution in [0.15, 0.2) is 35.6 Å². The highest BCUT2D eigenvalue weighted by Crippen LogP contribution is 2.37. The van der Waals surface area contributed by atoms with Gasteiger partial charge in [-0.05, 0) is 55.8 Å². The van der Waals surface area contributed by atoms with Crippen molar-refractivity contribution >= 4 is 40.4 Å². The molecule has 1 aromatic rings. The van der Waals surface area contributed by atoms with Crippen LogP contribution in [0.25, 0.3) is 5.57 Å². The summed E-state index contributed by atoms with van der Waals surface area (Å²) in [4.78, 5) is 32.0. The molecule has 2 amide bonds. The highest BCUT2D eigenvalue weighted by Gasteiger charge is 2.41. The van der Waals surface area contributed by atoms with Gasteiger partial charge < -0.3 is 9.64 Å². The van der Waals surface area contributed by atoms with Crippen molar-refractivity contribution in [1.29, 1.82) is 0 Å². The number of thiocarbonyl (C=S) groups is 1. The maximum Gasteiger partial charge on any atom is 0.269 e. The summed E-state index contributed by atoms with van der Waals surface area (Å²) in [6, 6.07) is 5.96. The second kappa shape index (κ2) is 10.3. The van der Waals surface area contributed by atoms with Gasteiger partial charge in [-0.3, -0.25) is 19.4 Å². The third-order valence-electron chi connectivity index (χ3n) is 5.82. The van der Waals surface area contributed by atoms with Crippen molar-refractivity contribution in [2.45, 2.75) is 52.9 Å². The van der Waals surface area contributed by atoms with Crippen LogP contribution in [0.5, 0.6) is 5.75 Å². The number of ether oxygens (including phenoxy) is 1. The number of anilines is 1. The molecular formula is C25H33N3O3S. The van der Waals surface area contributed by atoms with Crippen LogP contribution < -0.4 is 9.64 Å². The molecule has 0 saturated carbocycles. The number of unbranched alkanes of at least 4 members (excludes halogenated alkanes) is 3. The standard InChI is InChI=1S/C25H33N3O3S/c1-6-8-10-14-28-24(30)22(23(29)27(25(28)32)13-9-7-2)21-15-17(3)19-12-11-18(26(4)5)16-20(19)31-21/h11-12,15-16H,6-10,13-14H2,1-5H3/b22-21-. The van der Waals surface area contributed by atoms with Gasteiger partial charge in [0.25, 0.3) is 11.8 Å². The number of hydrogen-bond acceptors (Lipinski definition) is 5. The minimum absolute atomic E-state index is 0.0615. The SMILES string of the molecule is CCCCCN1C(=O)/C(=C2/C=C(C)c3ccc(N(C)C)cc3O2)C(=O)N(CCCC)C1=S. The quantitative estimate of drug-likeness (QED) is 0.245. The van der Waals surface area contributed by atoms with Crippen molar-refractivity contribution in [2.24, 2.45) is 0 Å². The van der Waals surface area contributed by atoms with E-state index in [0.29, 0.717) is 29.7 Å². The maximum atomic E-state index is 13.5. The molecule has 0 spiro atoms. The minimum atomic E-state index is -0.369. The van der Waals surface area contributed by atoms with Gasteiger partial charge in [0.2, 0.25) is 0 Å². The third kappa shape index (κ3) is 4.72. The molecule has 0 bridgehead atoms. The maximum absolute atomic E-state index is 13.5. The first-order valence-corrected chi connectivity index (χ1v) is 11.8. The van der Waals surface area contributed by atoms with Gasteiger partial charge in [0.1, 0.15) is 17.1 Å². The number of allylic oxidation sites excluding steroid dienone is 2. The van der Waals surface area contributed by atoms with Gasteiger partial charge in [-0.2, -0.15) is 0 Å². The Kier molecular flexibility index (Phi) is 7.72. The summed E-state index contributed by atoms with van der Waals surface area (Å²) < 4.78 is 6.17. The summed E-state index contributed by atoms with van der Waals surface area (Å²) >= 11 is 5.58. The van der Waals surface area contributed by atoms with E-state index in [2.05, 4.69) is 13.8 Å². The number of carbonyl (C=O) groups is 2. The molecule has 1 fully saturated rings. The fourth-order valence-corrected chi connectivity index (χ4v) is 4.22. The molecule has 1 aromatic carbocycles. The van der Waals surface area contributed by atoms with Crippen molar-refractivity contribution in [3.63, 3.8) is 0 Å². The van der Waals surface area contributed by atoms with Crippen LogP contribution in [0.4, 0.5) is 5.69 Å². The van der Waals surface area contributed by atoms with Crippen molar-refractivity contribution in [1.82, 2.24) is 9.80 Å². The molecule has 3 rings (SSSR count). The zero-order chi connectivity index (χ0) is 23.4. The molecule has 2 heterocycles. The van der Waals surface area contributed by atoms with E-state index in [1.54, 1.807) is 15.9 Å². The zero-order valence-electron chi connectivity index (χ0n) is 19.7. The normalized spacial score (nSPS) is 18.5. The fraction of sp³-hybridized carbons (Fsp3) is 0.480. The molecule has 6 nitrogen and oxygen atoms in total. The van der Waals surface area contributed by atoms with E-state index in [-0.39, 0.29) is 17.4 Å². The second-order valence-corrected chi connectivity index (χ2v) is 8.87. The number of hydrogen-bond donors (Lipinski definition) is 0. The van der Waals surface area contributed by atoms with Crippen LogP contribution in [-0.2, 0) is 9.59 Å². The van der Waals surface area contributed by atoms with Gasteiger partial charge >= 0.3 is 0 Å². The predicted octanol–water partition coefficient (Wildman–Crippen LogP) is 4.75. The monoisotopic (exact) mass is 455 g/mol. The third-order valence-corrected chi connectivity index (χ3v) is 6.26. The van der Waals surface area contributed by atoms with Gasteiger partial charge in [-0.15, -0.1) is 0 Å². The van der Waals surface area contributed by atoms with Crippen LogP contribution in [0.3, 0.4) is 0 Å². The molecule has 0 aromatic heterocycles. The predicted molar refractivity (Wildman–Crippen MR) is 133 cm³/mol. The molecule has 0 atom stereocenters. The Bertz CT molecular complexity index is 981. The van der Waals surface area contributed by atoms with E-state index in [4.69, 9.17) is 17.0 Å². The molecule has 2 aliphatic heterocycles. The Morgan fingerprint density at radius 1 is 0.969 bits per heavy atom. The Morgan fingerprint density at radius 2 is 1.59 bits per heavy atom. The van der Waals surface area contributed by atoms with Gasteiger partial charge in [0.15, 0.2) is 5.11 Å². The summed E-state index contributed by atoms with van der Waals surface area (Å²) in [7, 11) is 3.92. The number of nitrogens with zero attached hydrogens (tertiary/aromatic N) is 3. The molecule has 1 saturated heterocycles. The zero-order valence-corrected chi connectivity index (χ0v) is 20.6. The molecule has 7 heteroatoms. The molecule has 32 heavy (non-hydrogen) atoms. The van der Waals surface area contributed by atoms with Crippen molar-refractivity contribution < 1.29 is 14.3 Å². The van der Waals surface area contributed by atoms with Crippen LogP contribution >= 0.6 is 12.2 Å². The summed E-state index contributed by atoms with van der Waals surface area (Å²) in [6.07, 6.45) is 6.41. The lowest BCUT2D eigenvalue weighted by atomic mass is 9.99. The van der Waals surface area contributed by atoms with Crippen molar-refractivity contribution in [2.75, 3.05) is 32.1 Å². The first-order chi connectivity index (χ1) is 15.3. The van der Waals surface area contributed by atoms with Gasteiger partial charge in [-0.25, -0.2) is 0 Å². The smallest absolute Gasteiger partial charge is 0.269 e. The largest absolute Gasteiger partial charge is 0.456 e. The lowest BCUT2D eigenvalue weighted by Gasteiger charge is -2.37. The first kappa shape index (κ1) is 24.0. The average Bonchev–Trinajstić information content (AvgIpc) is 2.75. The van der Waals surface area contributed by atoms with Gasteiger partial charge in [0.05, 0.1) is 0 Å². The van der Waals surface area contributed by atoms with Crippen molar-refractivity contribution in [3.05, 3.63) is 41.2 Å². The van der Waals surface area contributed by atoms with Gasteiger partial charge in [0, 0.05) is 44.5 Å². The summed E-state index contributed by atoms with van der Waals surface area (Å²) in [6.45, 7) is 7.14. The Hall–Kier alpha value is -2.67. The molecule has 2 aliphatic rings.